The van der Waals surface area contributed by atoms with Gasteiger partial charge in [-0.15, -0.1) is 11.3 Å². The Labute approximate surface area is 122 Å². The summed E-state index contributed by atoms with van der Waals surface area (Å²) in [5.41, 5.74) is 1.97. The Balaban J connectivity index is 2.06. The fraction of sp³-hybridized carbons (Fsp3) is 0.182. The van der Waals surface area contributed by atoms with Gasteiger partial charge in [0.15, 0.2) is 0 Å². The van der Waals surface area contributed by atoms with Crippen LogP contribution in [0, 0.1) is 10.1 Å². The molecule has 0 atom stereocenters. The molecular formula is C11H9ClN4O3S. The standard InChI is InChI=1S/C11H9ClN4O3S/c12-10-9(16(18)19)8(2-4-13-10)11(17)14-3-1-7-5-20-6-15-7/h2,4-6H,1,3H2,(H,14,17). The number of hydrogen-bond donors (Lipinski definition) is 1. The van der Waals surface area contributed by atoms with Crippen LogP contribution in [0.5, 0.6) is 0 Å². The molecule has 0 radical (unpaired) electrons. The molecule has 2 rings (SSSR count). The lowest BCUT2D eigenvalue weighted by molar-refractivity contribution is -0.385. The zero-order chi connectivity index (χ0) is 14.5. The van der Waals surface area contributed by atoms with Crippen LogP contribution in [0.3, 0.4) is 0 Å². The van der Waals surface area contributed by atoms with Crippen molar-refractivity contribution >= 4 is 34.5 Å². The highest BCUT2D eigenvalue weighted by atomic mass is 35.5. The van der Waals surface area contributed by atoms with Crippen molar-refractivity contribution in [3.63, 3.8) is 0 Å². The molecule has 0 unspecified atom stereocenters. The van der Waals surface area contributed by atoms with Crippen molar-refractivity contribution in [1.82, 2.24) is 15.3 Å². The lowest BCUT2D eigenvalue weighted by atomic mass is 10.2. The number of carbonyl (C=O) groups excluding carboxylic acids is 1. The van der Waals surface area contributed by atoms with Crippen LogP contribution in [-0.2, 0) is 6.42 Å². The molecule has 104 valence electrons. The number of thiazole rings is 1. The van der Waals surface area contributed by atoms with Crippen LogP contribution < -0.4 is 5.32 Å². The zero-order valence-electron chi connectivity index (χ0n) is 10.1. The number of carbonyl (C=O) groups is 1. The average molecular weight is 313 g/mol. The summed E-state index contributed by atoms with van der Waals surface area (Å²) >= 11 is 7.11. The smallest absolute Gasteiger partial charge is 0.319 e. The van der Waals surface area contributed by atoms with Crippen LogP contribution in [0.25, 0.3) is 0 Å². The summed E-state index contributed by atoms with van der Waals surface area (Å²) in [6.07, 6.45) is 1.81. The van der Waals surface area contributed by atoms with E-state index in [1.54, 1.807) is 5.51 Å². The molecule has 2 heterocycles. The number of rotatable bonds is 5. The minimum Gasteiger partial charge on any atom is -0.351 e. The lowest BCUT2D eigenvalue weighted by Gasteiger charge is -2.05. The molecule has 0 spiro atoms. The van der Waals surface area contributed by atoms with Crippen molar-refractivity contribution in [2.75, 3.05) is 6.54 Å². The van der Waals surface area contributed by atoms with Crippen molar-refractivity contribution in [1.29, 1.82) is 0 Å². The van der Waals surface area contributed by atoms with Crippen molar-refractivity contribution in [3.05, 3.63) is 49.7 Å². The first-order chi connectivity index (χ1) is 9.59. The van der Waals surface area contributed by atoms with Gasteiger partial charge in [0.1, 0.15) is 5.56 Å². The van der Waals surface area contributed by atoms with E-state index in [4.69, 9.17) is 11.6 Å². The number of halogens is 1. The van der Waals surface area contributed by atoms with Crippen LogP contribution in [0.1, 0.15) is 16.1 Å². The molecule has 1 N–H and O–H groups in total. The quantitative estimate of drug-likeness (QED) is 0.518. The first-order valence-corrected chi connectivity index (χ1v) is 6.86. The van der Waals surface area contributed by atoms with E-state index in [2.05, 4.69) is 15.3 Å². The van der Waals surface area contributed by atoms with Gasteiger partial charge in [0.25, 0.3) is 5.91 Å². The van der Waals surface area contributed by atoms with Crippen LogP contribution in [0.15, 0.2) is 23.2 Å². The highest BCUT2D eigenvalue weighted by molar-refractivity contribution is 7.07. The molecular weight excluding hydrogens is 304 g/mol. The monoisotopic (exact) mass is 312 g/mol. The molecule has 0 aliphatic carbocycles. The summed E-state index contributed by atoms with van der Waals surface area (Å²) in [6, 6.07) is 1.27. The normalized spacial score (nSPS) is 10.2. The molecule has 9 heteroatoms. The van der Waals surface area contributed by atoms with E-state index in [0.717, 1.165) is 5.69 Å². The molecule has 1 amide bonds. The number of hydrogen-bond acceptors (Lipinski definition) is 6. The molecule has 0 fully saturated rings. The third kappa shape index (κ3) is 3.28. The third-order valence-corrected chi connectivity index (χ3v) is 3.37. The number of aromatic nitrogens is 2. The van der Waals surface area contributed by atoms with Gasteiger partial charge in [-0.1, -0.05) is 11.6 Å². The van der Waals surface area contributed by atoms with Gasteiger partial charge in [-0.05, 0) is 6.07 Å². The van der Waals surface area contributed by atoms with E-state index in [0.29, 0.717) is 13.0 Å². The number of amides is 1. The molecule has 0 aliphatic heterocycles. The minimum absolute atomic E-state index is 0.103. The first-order valence-electron chi connectivity index (χ1n) is 5.53. The third-order valence-electron chi connectivity index (χ3n) is 2.46. The lowest BCUT2D eigenvalue weighted by Crippen LogP contribution is -2.26. The molecule has 0 aliphatic rings. The Morgan fingerprint density at radius 2 is 2.30 bits per heavy atom. The van der Waals surface area contributed by atoms with Gasteiger partial charge in [-0.2, -0.15) is 0 Å². The SMILES string of the molecule is O=C(NCCc1cscn1)c1ccnc(Cl)c1[N+](=O)[O-]. The maximum atomic E-state index is 11.9. The second-order valence-corrected chi connectivity index (χ2v) is 4.82. The summed E-state index contributed by atoms with van der Waals surface area (Å²) in [4.78, 5) is 29.8. The van der Waals surface area contributed by atoms with Crippen molar-refractivity contribution in [3.8, 4) is 0 Å². The minimum atomic E-state index is -0.718. The van der Waals surface area contributed by atoms with E-state index >= 15 is 0 Å². The summed E-state index contributed by atoms with van der Waals surface area (Å²) in [7, 11) is 0. The van der Waals surface area contributed by atoms with E-state index in [9.17, 15) is 14.9 Å². The van der Waals surface area contributed by atoms with E-state index in [1.807, 2.05) is 5.38 Å². The van der Waals surface area contributed by atoms with Gasteiger partial charge in [0.05, 0.1) is 16.1 Å². The summed E-state index contributed by atoms with van der Waals surface area (Å²) in [6.45, 7) is 0.333. The molecule has 0 saturated carbocycles. The summed E-state index contributed by atoms with van der Waals surface area (Å²) < 4.78 is 0. The van der Waals surface area contributed by atoms with E-state index in [1.165, 1.54) is 23.6 Å². The van der Waals surface area contributed by atoms with Gasteiger partial charge in [-0.25, -0.2) is 9.97 Å². The molecule has 0 bridgehead atoms. The predicted molar refractivity (Wildman–Crippen MR) is 74.1 cm³/mol. The van der Waals surface area contributed by atoms with Crippen molar-refractivity contribution < 1.29 is 9.72 Å². The van der Waals surface area contributed by atoms with Crippen molar-refractivity contribution in [2.24, 2.45) is 0 Å². The van der Waals surface area contributed by atoms with Crippen LogP contribution in [0.2, 0.25) is 5.15 Å². The Morgan fingerprint density at radius 1 is 1.50 bits per heavy atom. The van der Waals surface area contributed by atoms with E-state index < -0.39 is 16.5 Å². The Kier molecular flexibility index (Phi) is 4.59. The maximum Gasteiger partial charge on any atom is 0.319 e. The summed E-state index contributed by atoms with van der Waals surface area (Å²) in [5.74, 6) is -0.559. The highest BCUT2D eigenvalue weighted by Gasteiger charge is 2.24. The molecule has 2 aromatic heterocycles. The fourth-order valence-electron chi connectivity index (χ4n) is 1.55. The van der Waals surface area contributed by atoms with Crippen LogP contribution >= 0.6 is 22.9 Å². The number of nitrogens with one attached hydrogen (secondary N) is 1. The predicted octanol–water partition coefficient (Wildman–Crippen LogP) is 2.07. The summed E-state index contributed by atoms with van der Waals surface area (Å²) in [5, 5.41) is 15.1. The van der Waals surface area contributed by atoms with Gasteiger partial charge in [0, 0.05) is 24.5 Å². The maximum absolute atomic E-state index is 11.9. The second kappa shape index (κ2) is 6.40. The topological polar surface area (TPSA) is 98.0 Å². The first kappa shape index (κ1) is 14.4. The van der Waals surface area contributed by atoms with Gasteiger partial charge >= 0.3 is 5.69 Å². The zero-order valence-corrected chi connectivity index (χ0v) is 11.6. The van der Waals surface area contributed by atoms with Gasteiger partial charge in [0.2, 0.25) is 5.15 Å². The molecule has 0 aromatic carbocycles. The Bertz CT molecular complexity index is 633. The molecule has 0 saturated heterocycles. The van der Waals surface area contributed by atoms with Crippen LogP contribution in [-0.4, -0.2) is 27.3 Å². The fourth-order valence-corrected chi connectivity index (χ4v) is 2.37. The Hall–Kier alpha value is -2.06. The number of nitrogens with zero attached hydrogens (tertiary/aromatic N) is 3. The highest BCUT2D eigenvalue weighted by Crippen LogP contribution is 2.25. The Morgan fingerprint density at radius 3 is 2.95 bits per heavy atom. The average Bonchev–Trinajstić information content (AvgIpc) is 2.91. The molecule has 20 heavy (non-hydrogen) atoms. The van der Waals surface area contributed by atoms with Gasteiger partial charge in [-0.3, -0.25) is 14.9 Å². The van der Waals surface area contributed by atoms with E-state index in [-0.39, 0.29) is 10.7 Å². The largest absolute Gasteiger partial charge is 0.351 e. The number of pyridine rings is 1. The number of nitro groups is 1. The van der Waals surface area contributed by atoms with Crippen molar-refractivity contribution in [2.45, 2.75) is 6.42 Å². The van der Waals surface area contributed by atoms with Gasteiger partial charge < -0.3 is 5.32 Å². The second-order valence-electron chi connectivity index (χ2n) is 3.74. The molecule has 7 nitrogen and oxygen atoms in total. The molecule has 2 aromatic rings. The van der Waals surface area contributed by atoms with Crippen LogP contribution in [0.4, 0.5) is 5.69 Å².